The molecule has 29 heavy (non-hydrogen) atoms. The standard InChI is InChI=1S/C19H24N4O5S/c1-5-11-7-14(24)20-8-15-21-13(9-29-15)18(26)22-12(6-2)17(25)23-16(10(3)4)19(27)28-11/h5-6,9-11,16H,1,7-8H2,2-4H3,(H,20,24)(H,22,26)(H,23,25). The van der Waals surface area contributed by atoms with Crippen molar-refractivity contribution >= 4 is 35.0 Å². The zero-order chi connectivity index (χ0) is 21.6. The summed E-state index contributed by atoms with van der Waals surface area (Å²) >= 11 is 1.20. The highest BCUT2D eigenvalue weighted by atomic mass is 32.1. The molecule has 0 radical (unpaired) electrons. The molecular formula is C19H24N4O5S. The summed E-state index contributed by atoms with van der Waals surface area (Å²) in [6.07, 6.45) is 1.83. The van der Waals surface area contributed by atoms with E-state index in [4.69, 9.17) is 4.74 Å². The molecule has 1 aromatic rings. The number of nitrogens with zero attached hydrogens (tertiary/aromatic N) is 1. The smallest absolute Gasteiger partial charge is 0.329 e. The number of carbonyl (C=O) groups is 4. The lowest BCUT2D eigenvalue weighted by molar-refractivity contribution is -0.153. The maximum absolute atomic E-state index is 12.6. The third-order valence-corrected chi connectivity index (χ3v) is 4.98. The van der Waals surface area contributed by atoms with Crippen LogP contribution >= 0.6 is 11.3 Å². The van der Waals surface area contributed by atoms with E-state index < -0.39 is 29.9 Å². The molecule has 0 saturated heterocycles. The van der Waals surface area contributed by atoms with E-state index in [0.29, 0.717) is 5.01 Å². The second-order valence-corrected chi connectivity index (χ2v) is 7.61. The van der Waals surface area contributed by atoms with Crippen molar-refractivity contribution in [2.45, 2.75) is 45.9 Å². The van der Waals surface area contributed by atoms with Gasteiger partial charge in [-0.1, -0.05) is 32.6 Å². The second kappa shape index (κ2) is 9.97. The summed E-state index contributed by atoms with van der Waals surface area (Å²) < 4.78 is 5.36. The summed E-state index contributed by atoms with van der Waals surface area (Å²) in [4.78, 5) is 53.9. The number of rotatable bonds is 2. The number of thiazole rings is 1. The highest BCUT2D eigenvalue weighted by Crippen LogP contribution is 2.13. The van der Waals surface area contributed by atoms with Gasteiger partial charge in [0.2, 0.25) is 5.91 Å². The molecule has 9 nitrogen and oxygen atoms in total. The molecule has 0 fully saturated rings. The number of amides is 3. The molecule has 10 heteroatoms. The predicted octanol–water partition coefficient (Wildman–Crippen LogP) is 1.04. The Labute approximate surface area is 172 Å². The molecule has 1 aliphatic rings. The van der Waals surface area contributed by atoms with E-state index in [1.807, 2.05) is 0 Å². The molecular weight excluding hydrogens is 396 g/mol. The molecule has 0 saturated carbocycles. The van der Waals surface area contributed by atoms with Crippen molar-refractivity contribution in [3.8, 4) is 0 Å². The van der Waals surface area contributed by atoms with Crippen LogP contribution < -0.4 is 16.0 Å². The van der Waals surface area contributed by atoms with Gasteiger partial charge in [-0.15, -0.1) is 11.3 Å². The van der Waals surface area contributed by atoms with Crippen LogP contribution in [0.15, 0.2) is 29.8 Å². The highest BCUT2D eigenvalue weighted by molar-refractivity contribution is 7.09. The normalized spacial score (nSPS) is 23.2. The van der Waals surface area contributed by atoms with Crippen LogP contribution in [0.2, 0.25) is 0 Å². The zero-order valence-electron chi connectivity index (χ0n) is 16.5. The fourth-order valence-corrected chi connectivity index (χ4v) is 3.20. The Bertz CT molecular complexity index is 845. The van der Waals surface area contributed by atoms with Crippen molar-refractivity contribution in [1.29, 1.82) is 0 Å². The van der Waals surface area contributed by atoms with Crippen molar-refractivity contribution in [1.82, 2.24) is 20.9 Å². The minimum Gasteiger partial charge on any atom is -0.456 e. The van der Waals surface area contributed by atoms with E-state index in [0.717, 1.165) is 0 Å². The number of nitrogens with one attached hydrogen (secondary N) is 3. The third-order valence-electron chi connectivity index (χ3n) is 4.13. The molecule has 2 rings (SSSR count). The fourth-order valence-electron chi connectivity index (χ4n) is 2.48. The maximum Gasteiger partial charge on any atom is 0.329 e. The van der Waals surface area contributed by atoms with Crippen LogP contribution in [0, 0.1) is 5.92 Å². The van der Waals surface area contributed by atoms with Crippen LogP contribution in [0.1, 0.15) is 42.7 Å². The minimum absolute atomic E-state index is 0.0105. The summed E-state index contributed by atoms with van der Waals surface area (Å²) in [5.41, 5.74) is 0.117. The predicted molar refractivity (Wildman–Crippen MR) is 107 cm³/mol. The third kappa shape index (κ3) is 5.98. The van der Waals surface area contributed by atoms with Crippen LogP contribution in [0.25, 0.3) is 0 Å². The Kier molecular flexibility index (Phi) is 7.66. The number of allylic oxidation sites excluding steroid dienone is 1. The number of fused-ring (bicyclic) bond motifs is 2. The molecule has 2 unspecified atom stereocenters. The van der Waals surface area contributed by atoms with E-state index in [9.17, 15) is 19.2 Å². The second-order valence-electron chi connectivity index (χ2n) is 6.67. The maximum atomic E-state index is 12.6. The number of cyclic esters (lactones) is 1. The van der Waals surface area contributed by atoms with E-state index in [2.05, 4.69) is 27.5 Å². The zero-order valence-corrected chi connectivity index (χ0v) is 17.3. The van der Waals surface area contributed by atoms with Gasteiger partial charge in [0.1, 0.15) is 28.5 Å². The average molecular weight is 420 g/mol. The first-order valence-electron chi connectivity index (χ1n) is 9.07. The number of hydrogen-bond acceptors (Lipinski definition) is 7. The van der Waals surface area contributed by atoms with Gasteiger partial charge in [0.05, 0.1) is 13.0 Å². The molecule has 0 aromatic carbocycles. The molecule has 3 N–H and O–H groups in total. The summed E-state index contributed by atoms with van der Waals surface area (Å²) in [5.74, 6) is -2.55. The summed E-state index contributed by atoms with van der Waals surface area (Å²) in [7, 11) is 0. The average Bonchev–Trinajstić information content (AvgIpc) is 3.15. The summed E-state index contributed by atoms with van der Waals surface area (Å²) in [6.45, 7) is 8.80. The van der Waals surface area contributed by atoms with Crippen molar-refractivity contribution in [2.24, 2.45) is 5.92 Å². The first-order valence-corrected chi connectivity index (χ1v) is 9.95. The number of hydrogen-bond donors (Lipinski definition) is 3. The van der Waals surface area contributed by atoms with E-state index in [1.54, 1.807) is 20.8 Å². The minimum atomic E-state index is -0.973. The van der Waals surface area contributed by atoms with Crippen molar-refractivity contribution in [3.05, 3.63) is 40.5 Å². The van der Waals surface area contributed by atoms with Crippen molar-refractivity contribution in [3.63, 3.8) is 0 Å². The van der Waals surface area contributed by atoms with Gasteiger partial charge in [0.15, 0.2) is 0 Å². The van der Waals surface area contributed by atoms with Crippen LogP contribution in [0.4, 0.5) is 0 Å². The fraction of sp³-hybridized carbons (Fsp3) is 0.421. The van der Waals surface area contributed by atoms with Gasteiger partial charge in [-0.05, 0) is 12.8 Å². The van der Waals surface area contributed by atoms with Crippen LogP contribution in [-0.4, -0.2) is 40.8 Å². The summed E-state index contributed by atoms with van der Waals surface area (Å²) in [6, 6.07) is -0.973. The Morgan fingerprint density at radius 3 is 2.62 bits per heavy atom. The number of esters is 1. The Hall–Kier alpha value is -3.01. The van der Waals surface area contributed by atoms with Crippen LogP contribution in [-0.2, 0) is 25.7 Å². The quantitative estimate of drug-likeness (QED) is 0.373. The van der Waals surface area contributed by atoms with Gasteiger partial charge in [-0.2, -0.15) is 0 Å². The summed E-state index contributed by atoms with van der Waals surface area (Å²) in [5, 5.41) is 9.80. The first-order chi connectivity index (χ1) is 13.7. The number of ether oxygens (including phenoxy) is 1. The van der Waals surface area contributed by atoms with Gasteiger partial charge in [0.25, 0.3) is 11.8 Å². The van der Waals surface area contributed by atoms with E-state index in [-0.39, 0.29) is 36.2 Å². The molecule has 1 aliphatic heterocycles. The molecule has 3 amide bonds. The Morgan fingerprint density at radius 1 is 1.28 bits per heavy atom. The Morgan fingerprint density at radius 2 is 2.00 bits per heavy atom. The highest BCUT2D eigenvalue weighted by Gasteiger charge is 2.29. The monoisotopic (exact) mass is 420 g/mol. The van der Waals surface area contributed by atoms with Crippen molar-refractivity contribution in [2.75, 3.05) is 0 Å². The molecule has 2 bridgehead atoms. The number of carbonyl (C=O) groups excluding carboxylic acids is 4. The molecule has 0 spiro atoms. The molecule has 156 valence electrons. The first kappa shape index (κ1) is 22.3. The Balaban J connectivity index is 2.34. The van der Waals surface area contributed by atoms with Gasteiger partial charge in [-0.3, -0.25) is 14.4 Å². The number of aromatic nitrogens is 1. The molecule has 2 heterocycles. The van der Waals surface area contributed by atoms with Gasteiger partial charge >= 0.3 is 5.97 Å². The topological polar surface area (TPSA) is 126 Å². The lowest BCUT2D eigenvalue weighted by atomic mass is 10.0. The van der Waals surface area contributed by atoms with Crippen LogP contribution in [0.3, 0.4) is 0 Å². The molecule has 1 aromatic heterocycles. The largest absolute Gasteiger partial charge is 0.456 e. The van der Waals surface area contributed by atoms with Crippen LogP contribution in [0.5, 0.6) is 0 Å². The lowest BCUT2D eigenvalue weighted by Crippen LogP contribution is -2.48. The van der Waals surface area contributed by atoms with Crippen molar-refractivity contribution < 1.29 is 23.9 Å². The van der Waals surface area contributed by atoms with E-state index >= 15 is 0 Å². The molecule has 2 atom stereocenters. The lowest BCUT2D eigenvalue weighted by Gasteiger charge is -2.24. The van der Waals surface area contributed by atoms with E-state index in [1.165, 1.54) is 28.9 Å². The van der Waals surface area contributed by atoms with Gasteiger partial charge in [-0.25, -0.2) is 9.78 Å². The SMILES string of the molecule is C=CC1CC(=O)NCc2nc(cs2)C(=O)NC(=CC)C(=O)NC(C(C)C)C(=O)O1. The van der Waals surface area contributed by atoms with Gasteiger partial charge < -0.3 is 20.7 Å². The van der Waals surface area contributed by atoms with Gasteiger partial charge in [0, 0.05) is 5.38 Å². The molecule has 0 aliphatic carbocycles.